The summed E-state index contributed by atoms with van der Waals surface area (Å²) in [6.07, 6.45) is -0.945. The number of rotatable bonds is 10. The molecule has 0 aliphatic carbocycles. The van der Waals surface area contributed by atoms with Crippen molar-refractivity contribution in [2.45, 2.75) is 26.2 Å². The monoisotopic (exact) mass is 426 g/mol. The molecule has 1 aromatic heterocycles. The van der Waals surface area contributed by atoms with Crippen LogP contribution >= 0.6 is 0 Å². The van der Waals surface area contributed by atoms with Crippen molar-refractivity contribution in [3.05, 3.63) is 71.5 Å². The normalized spacial score (nSPS) is 11.5. The number of nitrogens with zero attached hydrogens (tertiary/aromatic N) is 4. The molecule has 1 atom stereocenters. The smallest absolute Gasteiger partial charge is 0.380 e. The van der Waals surface area contributed by atoms with E-state index in [1.54, 1.807) is 31.2 Å². The topological polar surface area (TPSA) is 126 Å². The summed E-state index contributed by atoms with van der Waals surface area (Å²) in [5.74, 6) is -0.825. The van der Waals surface area contributed by atoms with Crippen LogP contribution in [0.5, 0.6) is 5.75 Å². The molecular formula is C21H22N4O6. The predicted octanol–water partition coefficient (Wildman–Crippen LogP) is 1.65. The highest BCUT2D eigenvalue weighted by atomic mass is 16.5. The molecule has 0 unspecified atom stereocenters. The van der Waals surface area contributed by atoms with Gasteiger partial charge in [0.2, 0.25) is 0 Å². The van der Waals surface area contributed by atoms with E-state index < -0.39 is 18.0 Å². The highest BCUT2D eigenvalue weighted by Gasteiger charge is 2.16. The minimum absolute atomic E-state index is 0.0176. The van der Waals surface area contributed by atoms with E-state index in [9.17, 15) is 14.7 Å². The Morgan fingerprint density at radius 1 is 1.03 bits per heavy atom. The van der Waals surface area contributed by atoms with Crippen LogP contribution in [0.4, 0.5) is 0 Å². The van der Waals surface area contributed by atoms with Crippen molar-refractivity contribution >= 4 is 11.9 Å². The molecule has 1 heterocycles. The third-order valence-corrected chi connectivity index (χ3v) is 4.03. The van der Waals surface area contributed by atoms with Crippen molar-refractivity contribution in [1.82, 2.24) is 20.2 Å². The summed E-state index contributed by atoms with van der Waals surface area (Å²) in [6, 6.07) is 15.8. The average Bonchev–Trinajstić information content (AvgIpc) is 3.26. The van der Waals surface area contributed by atoms with E-state index in [0.717, 1.165) is 10.4 Å². The number of benzene rings is 2. The second-order valence-corrected chi connectivity index (χ2v) is 6.44. The molecule has 3 rings (SSSR count). The number of aliphatic hydroxyl groups excluding tert-OH is 1. The number of esters is 2. The Bertz CT molecular complexity index is 991. The van der Waals surface area contributed by atoms with E-state index in [1.165, 1.54) is 0 Å². The van der Waals surface area contributed by atoms with Gasteiger partial charge in [0.15, 0.2) is 0 Å². The average molecular weight is 426 g/mol. The van der Waals surface area contributed by atoms with E-state index in [2.05, 4.69) is 15.4 Å². The van der Waals surface area contributed by atoms with Gasteiger partial charge >= 0.3 is 11.9 Å². The number of tetrazole rings is 1. The van der Waals surface area contributed by atoms with Gasteiger partial charge < -0.3 is 19.3 Å². The molecule has 10 heteroatoms. The van der Waals surface area contributed by atoms with Gasteiger partial charge in [0.1, 0.15) is 25.1 Å². The first-order valence-electron chi connectivity index (χ1n) is 9.62. The van der Waals surface area contributed by atoms with E-state index in [0.29, 0.717) is 11.3 Å². The van der Waals surface area contributed by atoms with E-state index >= 15 is 0 Å². The van der Waals surface area contributed by atoms with E-state index in [-0.39, 0.29) is 32.2 Å². The standard InChI is InChI=1S/C21H22N4O6/c1-2-29-21(28)19-22-24-25(23-19)12-17(26)14-30-18-10-8-16(9-11-18)20(27)31-13-15-6-4-3-5-7-15/h3-11,17,26H,2,12-14H2,1H3/t17-/m1/s1. The molecule has 10 nitrogen and oxygen atoms in total. The summed E-state index contributed by atoms with van der Waals surface area (Å²) in [6.45, 7) is 2.00. The van der Waals surface area contributed by atoms with Crippen molar-refractivity contribution in [2.75, 3.05) is 13.2 Å². The Morgan fingerprint density at radius 2 is 1.77 bits per heavy atom. The molecule has 0 saturated carbocycles. The van der Waals surface area contributed by atoms with Crippen molar-refractivity contribution in [2.24, 2.45) is 0 Å². The summed E-state index contributed by atoms with van der Waals surface area (Å²) < 4.78 is 15.6. The lowest BCUT2D eigenvalue weighted by Gasteiger charge is -2.12. The van der Waals surface area contributed by atoms with Crippen LogP contribution in [-0.4, -0.2) is 56.6 Å². The van der Waals surface area contributed by atoms with E-state index in [1.807, 2.05) is 30.3 Å². The van der Waals surface area contributed by atoms with Crippen molar-refractivity contribution in [1.29, 1.82) is 0 Å². The fourth-order valence-corrected chi connectivity index (χ4v) is 2.53. The maximum absolute atomic E-state index is 12.1. The quantitative estimate of drug-likeness (QED) is 0.482. The Labute approximate surface area is 178 Å². The minimum Gasteiger partial charge on any atom is -0.491 e. The second-order valence-electron chi connectivity index (χ2n) is 6.44. The number of carbonyl (C=O) groups is 2. The van der Waals surface area contributed by atoms with Gasteiger partial charge in [-0.1, -0.05) is 30.3 Å². The van der Waals surface area contributed by atoms with Crippen molar-refractivity contribution in [3.8, 4) is 5.75 Å². The number of ether oxygens (including phenoxy) is 3. The number of hydrogen-bond donors (Lipinski definition) is 1. The molecule has 0 saturated heterocycles. The molecule has 3 aromatic rings. The number of carbonyl (C=O) groups excluding carboxylic acids is 2. The summed E-state index contributed by atoms with van der Waals surface area (Å²) in [5.41, 5.74) is 1.29. The molecule has 2 aromatic carbocycles. The largest absolute Gasteiger partial charge is 0.491 e. The van der Waals surface area contributed by atoms with Gasteiger partial charge in [-0.3, -0.25) is 0 Å². The van der Waals surface area contributed by atoms with Crippen LogP contribution in [0.1, 0.15) is 33.5 Å². The van der Waals surface area contributed by atoms with Crippen LogP contribution in [0.3, 0.4) is 0 Å². The SMILES string of the molecule is CCOC(=O)c1nnn(C[C@@H](O)COc2ccc(C(=O)OCc3ccccc3)cc2)n1. The van der Waals surface area contributed by atoms with Crippen LogP contribution < -0.4 is 4.74 Å². The lowest BCUT2D eigenvalue weighted by molar-refractivity contribution is 0.0470. The van der Waals surface area contributed by atoms with Crippen LogP contribution in [-0.2, 0) is 22.6 Å². The molecule has 1 N–H and O–H groups in total. The van der Waals surface area contributed by atoms with Gasteiger partial charge in [0.25, 0.3) is 5.82 Å². The molecular weight excluding hydrogens is 404 g/mol. The molecule has 0 spiro atoms. The predicted molar refractivity (Wildman–Crippen MR) is 107 cm³/mol. The second kappa shape index (κ2) is 10.8. The summed E-state index contributed by atoms with van der Waals surface area (Å²) >= 11 is 0. The zero-order chi connectivity index (χ0) is 22.1. The summed E-state index contributed by atoms with van der Waals surface area (Å²) in [4.78, 5) is 24.7. The number of aromatic nitrogens is 4. The lowest BCUT2D eigenvalue weighted by Crippen LogP contribution is -2.25. The summed E-state index contributed by atoms with van der Waals surface area (Å²) in [7, 11) is 0. The highest BCUT2D eigenvalue weighted by Crippen LogP contribution is 2.14. The van der Waals surface area contributed by atoms with Crippen molar-refractivity contribution < 1.29 is 28.9 Å². The molecule has 0 aliphatic heterocycles. The van der Waals surface area contributed by atoms with Crippen LogP contribution in [0.15, 0.2) is 54.6 Å². The number of hydrogen-bond acceptors (Lipinski definition) is 9. The van der Waals surface area contributed by atoms with Crippen LogP contribution in [0.2, 0.25) is 0 Å². The molecule has 0 aliphatic rings. The first-order valence-corrected chi connectivity index (χ1v) is 9.62. The Hall–Kier alpha value is -3.79. The Morgan fingerprint density at radius 3 is 2.48 bits per heavy atom. The van der Waals surface area contributed by atoms with Crippen molar-refractivity contribution in [3.63, 3.8) is 0 Å². The fourth-order valence-electron chi connectivity index (χ4n) is 2.53. The fraction of sp³-hybridized carbons (Fsp3) is 0.286. The lowest BCUT2D eigenvalue weighted by atomic mass is 10.2. The molecule has 162 valence electrons. The molecule has 0 fully saturated rings. The van der Waals surface area contributed by atoms with E-state index in [4.69, 9.17) is 14.2 Å². The summed E-state index contributed by atoms with van der Waals surface area (Å²) in [5, 5.41) is 21.2. The van der Waals surface area contributed by atoms with Gasteiger partial charge in [-0.15, -0.1) is 10.2 Å². The van der Waals surface area contributed by atoms with Crippen LogP contribution in [0.25, 0.3) is 0 Å². The van der Waals surface area contributed by atoms with Gasteiger partial charge in [-0.25, -0.2) is 9.59 Å². The van der Waals surface area contributed by atoms with Gasteiger partial charge in [-0.05, 0) is 42.0 Å². The number of aliphatic hydroxyl groups is 1. The third-order valence-electron chi connectivity index (χ3n) is 4.03. The maximum atomic E-state index is 12.1. The molecule has 0 bridgehead atoms. The van der Waals surface area contributed by atoms with Gasteiger partial charge in [0.05, 0.1) is 18.7 Å². The molecule has 0 amide bonds. The highest BCUT2D eigenvalue weighted by molar-refractivity contribution is 5.89. The molecule has 31 heavy (non-hydrogen) atoms. The first kappa shape index (κ1) is 21.9. The Balaban J connectivity index is 1.44. The van der Waals surface area contributed by atoms with Gasteiger partial charge in [0, 0.05) is 0 Å². The minimum atomic E-state index is -0.945. The maximum Gasteiger partial charge on any atom is 0.380 e. The van der Waals surface area contributed by atoms with Gasteiger partial charge in [-0.2, -0.15) is 4.80 Å². The Kier molecular flexibility index (Phi) is 7.66. The van der Waals surface area contributed by atoms with Crippen LogP contribution in [0, 0.1) is 0 Å². The zero-order valence-corrected chi connectivity index (χ0v) is 16.9. The molecule has 0 radical (unpaired) electrons. The zero-order valence-electron chi connectivity index (χ0n) is 16.9. The first-order chi connectivity index (χ1) is 15.0. The third kappa shape index (κ3) is 6.61.